The smallest absolute Gasteiger partial charge is 0.404 e. The van der Waals surface area contributed by atoms with Crippen molar-refractivity contribution in [1.29, 1.82) is 0 Å². The van der Waals surface area contributed by atoms with E-state index < -0.39 is 17.7 Å². The van der Waals surface area contributed by atoms with E-state index in [1.54, 1.807) is 6.20 Å². The number of benzene rings is 1. The highest BCUT2D eigenvalue weighted by Gasteiger charge is 2.25. The van der Waals surface area contributed by atoms with Crippen LogP contribution in [0.15, 0.2) is 18.3 Å². The van der Waals surface area contributed by atoms with Crippen LogP contribution in [-0.4, -0.2) is 20.8 Å². The number of nitrogens with zero attached hydrogens (tertiary/aromatic N) is 1. The van der Waals surface area contributed by atoms with Crippen LogP contribution in [0.4, 0.5) is 13.6 Å². The second kappa shape index (κ2) is 6.11. The summed E-state index contributed by atoms with van der Waals surface area (Å²) in [5, 5.41) is 11.0. The summed E-state index contributed by atoms with van der Waals surface area (Å²) in [6.07, 6.45) is 2.13. The molecule has 3 N–H and O–H groups in total. The van der Waals surface area contributed by atoms with E-state index in [0.29, 0.717) is 40.9 Å². The highest BCUT2D eigenvalue weighted by molar-refractivity contribution is 7.71. The van der Waals surface area contributed by atoms with E-state index in [4.69, 9.17) is 17.3 Å². The lowest BCUT2D eigenvalue weighted by Gasteiger charge is -2.27. The van der Waals surface area contributed by atoms with Crippen molar-refractivity contribution in [1.82, 2.24) is 14.9 Å². The highest BCUT2D eigenvalue weighted by Crippen LogP contribution is 2.32. The number of aromatic amines is 1. The molecule has 122 valence electrons. The molecule has 8 heteroatoms. The number of hydrogen-bond acceptors (Lipinski definition) is 2. The van der Waals surface area contributed by atoms with Crippen LogP contribution in [0.3, 0.4) is 0 Å². The van der Waals surface area contributed by atoms with Gasteiger partial charge in [0.15, 0.2) is 4.77 Å². The third kappa shape index (κ3) is 3.12. The molecule has 5 nitrogen and oxygen atoms in total. The summed E-state index contributed by atoms with van der Waals surface area (Å²) in [5.41, 5.74) is 1.89. The molecule has 1 unspecified atom stereocenters. The van der Waals surface area contributed by atoms with Crippen LogP contribution >= 0.6 is 12.2 Å². The van der Waals surface area contributed by atoms with Crippen LogP contribution in [0.5, 0.6) is 0 Å². The monoisotopic (exact) mass is 339 g/mol. The molecule has 1 aromatic heterocycles. The van der Waals surface area contributed by atoms with E-state index in [9.17, 15) is 13.6 Å². The van der Waals surface area contributed by atoms with Gasteiger partial charge in [-0.05, 0) is 48.7 Å². The van der Waals surface area contributed by atoms with E-state index in [2.05, 4.69) is 10.3 Å². The number of rotatable bonds is 3. The van der Waals surface area contributed by atoms with E-state index in [0.717, 1.165) is 6.07 Å². The fourth-order valence-corrected chi connectivity index (χ4v) is 3.45. The number of carbonyl (C=O) groups is 1. The van der Waals surface area contributed by atoms with E-state index in [-0.39, 0.29) is 12.6 Å². The van der Waals surface area contributed by atoms with Crippen molar-refractivity contribution in [2.45, 2.75) is 31.8 Å². The van der Waals surface area contributed by atoms with Gasteiger partial charge < -0.3 is 20.0 Å². The molecule has 1 heterocycles. The normalized spacial score (nSPS) is 16.9. The van der Waals surface area contributed by atoms with Crippen LogP contribution in [0.2, 0.25) is 0 Å². The molecule has 1 aromatic carbocycles. The molecular formula is C15H15F2N3O2S. The number of aromatic nitrogens is 2. The minimum atomic E-state index is -1.12. The highest BCUT2D eigenvalue weighted by atomic mass is 32.1. The molecule has 1 atom stereocenters. The van der Waals surface area contributed by atoms with Gasteiger partial charge in [0.1, 0.15) is 11.6 Å². The largest absolute Gasteiger partial charge is 0.465 e. The van der Waals surface area contributed by atoms with Gasteiger partial charge in [-0.25, -0.2) is 13.6 Å². The Balaban J connectivity index is 1.90. The average molecular weight is 339 g/mol. The summed E-state index contributed by atoms with van der Waals surface area (Å²) in [6.45, 7) is 0.114. The summed E-state index contributed by atoms with van der Waals surface area (Å²) < 4.78 is 29.6. The quantitative estimate of drug-likeness (QED) is 0.751. The van der Waals surface area contributed by atoms with Gasteiger partial charge in [-0.1, -0.05) is 0 Å². The summed E-state index contributed by atoms with van der Waals surface area (Å²) in [4.78, 5) is 13.6. The van der Waals surface area contributed by atoms with E-state index in [1.165, 1.54) is 6.07 Å². The van der Waals surface area contributed by atoms with Crippen LogP contribution < -0.4 is 5.32 Å². The van der Waals surface area contributed by atoms with Crippen LogP contribution in [0.1, 0.15) is 29.3 Å². The number of fused-ring (bicyclic) bond motifs is 1. The molecule has 3 rings (SSSR count). The Morgan fingerprint density at radius 3 is 3.00 bits per heavy atom. The summed E-state index contributed by atoms with van der Waals surface area (Å²) in [6, 6.07) is 2.20. The van der Waals surface area contributed by atoms with Gasteiger partial charge in [-0.3, -0.25) is 0 Å². The molecule has 0 fully saturated rings. The predicted molar refractivity (Wildman–Crippen MR) is 81.9 cm³/mol. The molecular weight excluding hydrogens is 324 g/mol. The van der Waals surface area contributed by atoms with Gasteiger partial charge in [0, 0.05) is 18.3 Å². The lowest BCUT2D eigenvalue weighted by atomic mass is 9.87. The maximum atomic E-state index is 13.8. The van der Waals surface area contributed by atoms with Crippen molar-refractivity contribution in [3.05, 3.63) is 51.6 Å². The first-order valence-corrected chi connectivity index (χ1v) is 7.59. The van der Waals surface area contributed by atoms with Crippen molar-refractivity contribution in [3.63, 3.8) is 0 Å². The van der Waals surface area contributed by atoms with Crippen molar-refractivity contribution in [2.24, 2.45) is 0 Å². The number of amides is 1. The number of halogens is 2. The minimum Gasteiger partial charge on any atom is -0.465 e. The molecule has 1 aliphatic rings. The second-order valence-corrected chi connectivity index (χ2v) is 5.92. The van der Waals surface area contributed by atoms with Crippen molar-refractivity contribution in [3.8, 4) is 0 Å². The minimum absolute atomic E-state index is 0.0620. The number of carboxylic acid groups (broad SMARTS) is 1. The van der Waals surface area contributed by atoms with Gasteiger partial charge in [0.2, 0.25) is 0 Å². The van der Waals surface area contributed by atoms with Gasteiger partial charge >= 0.3 is 6.09 Å². The summed E-state index contributed by atoms with van der Waals surface area (Å²) in [7, 11) is 0. The van der Waals surface area contributed by atoms with Gasteiger partial charge in [-0.2, -0.15) is 0 Å². The molecule has 0 aliphatic heterocycles. The molecule has 2 aromatic rings. The number of H-pyrrole nitrogens is 1. The Labute approximate surface area is 136 Å². The fraction of sp³-hybridized carbons (Fsp3) is 0.333. The Bertz CT molecular complexity index is 816. The standard InChI is InChI=1S/C15H15F2N3O2S/c16-9-3-8-4-10(1-2-12(8)13(17)5-9)20-11(6-18-14(20)23)7-19-15(21)22/h3,5-6,10,19H,1-2,4,7H2,(H,18,23)(H,21,22). The van der Waals surface area contributed by atoms with Crippen molar-refractivity contribution >= 4 is 18.3 Å². The van der Waals surface area contributed by atoms with Gasteiger partial charge in [0.05, 0.1) is 12.2 Å². The third-order valence-electron chi connectivity index (χ3n) is 4.11. The maximum absolute atomic E-state index is 13.8. The zero-order valence-electron chi connectivity index (χ0n) is 12.1. The number of hydrogen-bond donors (Lipinski definition) is 3. The van der Waals surface area contributed by atoms with Crippen LogP contribution in [0.25, 0.3) is 0 Å². The Morgan fingerprint density at radius 2 is 2.26 bits per heavy atom. The molecule has 0 radical (unpaired) electrons. The predicted octanol–water partition coefficient (Wildman–Crippen LogP) is 3.32. The fourth-order valence-electron chi connectivity index (χ4n) is 3.12. The lowest BCUT2D eigenvalue weighted by molar-refractivity contribution is 0.193. The Kier molecular flexibility index (Phi) is 4.16. The first-order chi connectivity index (χ1) is 11.0. The molecule has 0 saturated heterocycles. The van der Waals surface area contributed by atoms with Crippen LogP contribution in [-0.2, 0) is 19.4 Å². The first kappa shape index (κ1) is 15.7. The average Bonchev–Trinajstić information content (AvgIpc) is 2.85. The summed E-state index contributed by atoms with van der Waals surface area (Å²) in [5.74, 6) is -1.10. The lowest BCUT2D eigenvalue weighted by Crippen LogP contribution is -2.25. The Hall–Kier alpha value is -2.22. The SMILES string of the molecule is O=C(O)NCc1c[nH]c(=S)n1C1CCc2c(F)cc(F)cc2C1. The molecule has 0 bridgehead atoms. The molecule has 0 saturated carbocycles. The van der Waals surface area contributed by atoms with Gasteiger partial charge in [0.25, 0.3) is 0 Å². The number of imidazole rings is 1. The molecule has 23 heavy (non-hydrogen) atoms. The summed E-state index contributed by atoms with van der Waals surface area (Å²) >= 11 is 5.27. The topological polar surface area (TPSA) is 70.1 Å². The van der Waals surface area contributed by atoms with E-state index >= 15 is 0 Å². The second-order valence-electron chi connectivity index (χ2n) is 5.54. The van der Waals surface area contributed by atoms with Crippen LogP contribution in [0, 0.1) is 16.4 Å². The first-order valence-electron chi connectivity index (χ1n) is 7.18. The molecule has 1 amide bonds. The maximum Gasteiger partial charge on any atom is 0.404 e. The zero-order chi connectivity index (χ0) is 16.6. The van der Waals surface area contributed by atoms with E-state index in [1.807, 2.05) is 4.57 Å². The third-order valence-corrected chi connectivity index (χ3v) is 4.43. The van der Waals surface area contributed by atoms with Crippen molar-refractivity contribution in [2.75, 3.05) is 0 Å². The van der Waals surface area contributed by atoms with Crippen molar-refractivity contribution < 1.29 is 18.7 Å². The molecule has 0 spiro atoms. The Morgan fingerprint density at radius 1 is 1.48 bits per heavy atom. The van der Waals surface area contributed by atoms with Gasteiger partial charge in [-0.15, -0.1) is 0 Å². The molecule has 1 aliphatic carbocycles. The zero-order valence-corrected chi connectivity index (χ0v) is 12.9. The number of nitrogens with one attached hydrogen (secondary N) is 2.